The van der Waals surface area contributed by atoms with Gasteiger partial charge in [-0.15, -0.1) is 0 Å². The molecule has 2 atom stereocenters. The van der Waals surface area contributed by atoms with Gasteiger partial charge >= 0.3 is 11.8 Å². The number of carbonyl (C=O) groups is 2. The van der Waals surface area contributed by atoms with Crippen molar-refractivity contribution < 1.29 is 14.7 Å². The van der Waals surface area contributed by atoms with Crippen LogP contribution in [0, 0.1) is 11.3 Å². The predicted octanol–water partition coefficient (Wildman–Crippen LogP) is -0.564. The van der Waals surface area contributed by atoms with E-state index in [1.165, 1.54) is 0 Å². The van der Waals surface area contributed by atoms with Gasteiger partial charge in [0.05, 0.1) is 18.2 Å². The van der Waals surface area contributed by atoms with Crippen LogP contribution in [-0.4, -0.2) is 35.6 Å². The van der Waals surface area contributed by atoms with E-state index in [2.05, 4.69) is 10.6 Å². The molecule has 1 saturated carbocycles. The molecule has 0 bridgehead atoms. The SMILES string of the molecule is N#CCNC(=O)C(=O)NC1CCCCCC1O. The third kappa shape index (κ3) is 4.41. The average Bonchev–Trinajstić information content (AvgIpc) is 2.52. The first-order valence-electron chi connectivity index (χ1n) is 5.79. The Bertz CT molecular complexity index is 324. The number of nitriles is 1. The predicted molar refractivity (Wildman–Crippen MR) is 59.6 cm³/mol. The summed E-state index contributed by atoms with van der Waals surface area (Å²) >= 11 is 0. The Balaban J connectivity index is 2.43. The highest BCUT2D eigenvalue weighted by Crippen LogP contribution is 2.17. The smallest absolute Gasteiger partial charge is 0.310 e. The molecule has 6 heteroatoms. The Hall–Kier alpha value is -1.61. The van der Waals surface area contributed by atoms with Crippen LogP contribution in [0.5, 0.6) is 0 Å². The topological polar surface area (TPSA) is 102 Å². The summed E-state index contributed by atoms with van der Waals surface area (Å²) in [5, 5.41) is 22.7. The maximum absolute atomic E-state index is 11.4. The number of hydrogen-bond acceptors (Lipinski definition) is 4. The Labute approximate surface area is 100.0 Å². The molecule has 0 aliphatic heterocycles. The molecule has 2 unspecified atom stereocenters. The van der Waals surface area contributed by atoms with E-state index in [1.54, 1.807) is 6.07 Å². The lowest BCUT2D eigenvalue weighted by atomic mass is 10.1. The zero-order valence-electron chi connectivity index (χ0n) is 9.61. The van der Waals surface area contributed by atoms with Gasteiger partial charge in [0.25, 0.3) is 0 Å². The van der Waals surface area contributed by atoms with Gasteiger partial charge in [0.2, 0.25) is 0 Å². The van der Waals surface area contributed by atoms with Crippen LogP contribution in [-0.2, 0) is 9.59 Å². The van der Waals surface area contributed by atoms with Crippen molar-refractivity contribution in [3.05, 3.63) is 0 Å². The van der Waals surface area contributed by atoms with Gasteiger partial charge < -0.3 is 15.7 Å². The molecule has 94 valence electrons. The third-order valence-corrected chi connectivity index (χ3v) is 2.83. The van der Waals surface area contributed by atoms with Crippen molar-refractivity contribution in [3.63, 3.8) is 0 Å². The second-order valence-electron chi connectivity index (χ2n) is 4.13. The third-order valence-electron chi connectivity index (χ3n) is 2.83. The average molecular weight is 239 g/mol. The van der Waals surface area contributed by atoms with Gasteiger partial charge in [-0.1, -0.05) is 19.3 Å². The maximum Gasteiger partial charge on any atom is 0.310 e. The number of rotatable bonds is 2. The van der Waals surface area contributed by atoms with E-state index >= 15 is 0 Å². The fraction of sp³-hybridized carbons (Fsp3) is 0.727. The van der Waals surface area contributed by atoms with Gasteiger partial charge in [-0.2, -0.15) is 5.26 Å². The van der Waals surface area contributed by atoms with E-state index in [1.807, 2.05) is 0 Å². The molecule has 17 heavy (non-hydrogen) atoms. The van der Waals surface area contributed by atoms with Crippen LogP contribution in [0.4, 0.5) is 0 Å². The second-order valence-corrected chi connectivity index (χ2v) is 4.13. The van der Waals surface area contributed by atoms with Crippen molar-refractivity contribution in [2.75, 3.05) is 6.54 Å². The minimum Gasteiger partial charge on any atom is -0.391 e. The summed E-state index contributed by atoms with van der Waals surface area (Å²) in [6.45, 7) is -0.195. The van der Waals surface area contributed by atoms with E-state index in [9.17, 15) is 14.7 Å². The lowest BCUT2D eigenvalue weighted by Crippen LogP contribution is -2.48. The van der Waals surface area contributed by atoms with Gasteiger partial charge in [0.15, 0.2) is 0 Å². The Morgan fingerprint density at radius 1 is 1.24 bits per heavy atom. The molecule has 0 aromatic heterocycles. The first-order chi connectivity index (χ1) is 8.15. The van der Waals surface area contributed by atoms with E-state index in [0.29, 0.717) is 12.8 Å². The summed E-state index contributed by atoms with van der Waals surface area (Å²) in [6, 6.07) is 1.35. The molecule has 0 heterocycles. The molecule has 1 aliphatic carbocycles. The Morgan fingerprint density at radius 3 is 2.65 bits per heavy atom. The lowest BCUT2D eigenvalue weighted by Gasteiger charge is -2.21. The van der Waals surface area contributed by atoms with Crippen molar-refractivity contribution >= 4 is 11.8 Å². The fourth-order valence-electron chi connectivity index (χ4n) is 1.89. The van der Waals surface area contributed by atoms with Crippen molar-refractivity contribution in [1.29, 1.82) is 5.26 Å². The zero-order chi connectivity index (χ0) is 12.7. The van der Waals surface area contributed by atoms with Crippen molar-refractivity contribution in [2.24, 2.45) is 0 Å². The van der Waals surface area contributed by atoms with Crippen LogP contribution < -0.4 is 10.6 Å². The lowest BCUT2D eigenvalue weighted by molar-refractivity contribution is -0.140. The van der Waals surface area contributed by atoms with E-state index in [-0.39, 0.29) is 12.6 Å². The number of amides is 2. The number of aliphatic hydroxyl groups is 1. The maximum atomic E-state index is 11.4. The van der Waals surface area contributed by atoms with Gasteiger partial charge in [0, 0.05) is 0 Å². The minimum absolute atomic E-state index is 0.195. The molecule has 6 nitrogen and oxygen atoms in total. The number of nitrogens with zero attached hydrogens (tertiary/aromatic N) is 1. The van der Waals surface area contributed by atoms with Gasteiger partial charge in [-0.25, -0.2) is 0 Å². The molecule has 0 aromatic carbocycles. The quantitative estimate of drug-likeness (QED) is 0.341. The standard InChI is InChI=1S/C11H17N3O3/c12-6-7-13-10(16)11(17)14-8-4-2-1-3-5-9(8)15/h8-9,15H,1-5,7H2,(H,13,16)(H,14,17). The highest BCUT2D eigenvalue weighted by molar-refractivity contribution is 6.35. The van der Waals surface area contributed by atoms with Crippen LogP contribution in [0.2, 0.25) is 0 Å². The molecule has 0 saturated heterocycles. The monoisotopic (exact) mass is 239 g/mol. The summed E-state index contributed by atoms with van der Waals surface area (Å²) in [6.07, 6.45) is 3.63. The van der Waals surface area contributed by atoms with Crippen LogP contribution in [0.15, 0.2) is 0 Å². The molecule has 0 spiro atoms. The number of carbonyl (C=O) groups excluding carboxylic acids is 2. The Kier molecular flexibility index (Phi) is 5.43. The van der Waals surface area contributed by atoms with Crippen molar-refractivity contribution in [3.8, 4) is 6.07 Å². The second kappa shape index (κ2) is 6.86. The van der Waals surface area contributed by atoms with E-state index in [4.69, 9.17) is 5.26 Å². The molecule has 1 fully saturated rings. The van der Waals surface area contributed by atoms with Gasteiger partial charge in [-0.05, 0) is 12.8 Å². The molecule has 2 amide bonds. The van der Waals surface area contributed by atoms with Crippen LogP contribution in [0.1, 0.15) is 32.1 Å². The highest BCUT2D eigenvalue weighted by atomic mass is 16.3. The molecule has 1 rings (SSSR count). The molecule has 3 N–H and O–H groups in total. The normalized spacial score (nSPS) is 24.2. The van der Waals surface area contributed by atoms with Crippen molar-refractivity contribution in [1.82, 2.24) is 10.6 Å². The largest absolute Gasteiger partial charge is 0.391 e. The molecule has 0 aromatic rings. The minimum atomic E-state index is -0.831. The summed E-state index contributed by atoms with van der Waals surface area (Å²) in [5.41, 5.74) is 0. The summed E-state index contributed by atoms with van der Waals surface area (Å²) < 4.78 is 0. The number of nitrogens with one attached hydrogen (secondary N) is 2. The number of hydrogen-bond donors (Lipinski definition) is 3. The highest BCUT2D eigenvalue weighted by Gasteiger charge is 2.25. The van der Waals surface area contributed by atoms with Crippen LogP contribution in [0.3, 0.4) is 0 Å². The summed E-state index contributed by atoms with van der Waals surface area (Å²) in [5.74, 6) is -1.62. The number of aliphatic hydroxyl groups excluding tert-OH is 1. The first kappa shape index (κ1) is 13.5. The van der Waals surface area contributed by atoms with Gasteiger partial charge in [-0.3, -0.25) is 9.59 Å². The van der Waals surface area contributed by atoms with Crippen LogP contribution >= 0.6 is 0 Å². The molecular formula is C11H17N3O3. The molecule has 0 radical (unpaired) electrons. The summed E-state index contributed by atoms with van der Waals surface area (Å²) in [7, 11) is 0. The fourth-order valence-corrected chi connectivity index (χ4v) is 1.89. The first-order valence-corrected chi connectivity index (χ1v) is 5.79. The molecule has 1 aliphatic rings. The van der Waals surface area contributed by atoms with Crippen LogP contribution in [0.25, 0.3) is 0 Å². The molecular weight excluding hydrogens is 222 g/mol. The van der Waals surface area contributed by atoms with E-state index < -0.39 is 17.9 Å². The summed E-state index contributed by atoms with van der Waals surface area (Å²) in [4.78, 5) is 22.6. The van der Waals surface area contributed by atoms with E-state index in [0.717, 1.165) is 19.3 Å². The zero-order valence-corrected chi connectivity index (χ0v) is 9.61. The van der Waals surface area contributed by atoms with Crippen molar-refractivity contribution in [2.45, 2.75) is 44.2 Å². The van der Waals surface area contributed by atoms with Gasteiger partial charge in [0.1, 0.15) is 6.54 Å². The Morgan fingerprint density at radius 2 is 1.94 bits per heavy atom.